The average molecular weight is 281 g/mol. The summed E-state index contributed by atoms with van der Waals surface area (Å²) in [4.78, 5) is 6.54. The predicted octanol–water partition coefficient (Wildman–Crippen LogP) is 0.405. The molecule has 0 aliphatic carbocycles. The van der Waals surface area contributed by atoms with Gasteiger partial charge in [0.05, 0.1) is 6.26 Å². The molecule has 0 aromatic carbocycles. The summed E-state index contributed by atoms with van der Waals surface area (Å²) >= 11 is 0. The summed E-state index contributed by atoms with van der Waals surface area (Å²) in [6.07, 6.45) is 4.99. The van der Waals surface area contributed by atoms with Crippen LogP contribution in [-0.4, -0.2) is 55.0 Å². The van der Waals surface area contributed by atoms with E-state index >= 15 is 0 Å². The molecule has 2 aliphatic rings. The maximum Gasteiger partial charge on any atom is 0.211 e. The van der Waals surface area contributed by atoms with E-state index in [0.29, 0.717) is 24.9 Å². The Morgan fingerprint density at radius 1 is 1.26 bits per heavy atom. The summed E-state index contributed by atoms with van der Waals surface area (Å²) in [6, 6.07) is 4.04. The van der Waals surface area contributed by atoms with Crippen molar-refractivity contribution < 1.29 is 8.42 Å². The summed E-state index contributed by atoms with van der Waals surface area (Å²) < 4.78 is 24.7. The van der Waals surface area contributed by atoms with Crippen LogP contribution in [0, 0.1) is 11.8 Å². The molecule has 2 saturated heterocycles. The maximum absolute atomic E-state index is 11.5. The quantitative estimate of drug-likeness (QED) is 0.805. The summed E-state index contributed by atoms with van der Waals surface area (Å²) in [7, 11) is -3.02. The van der Waals surface area contributed by atoms with Crippen LogP contribution in [0.4, 0.5) is 0 Å². The summed E-state index contributed by atoms with van der Waals surface area (Å²) in [5, 5.41) is 0. The van der Waals surface area contributed by atoms with Gasteiger partial charge in [0.1, 0.15) is 0 Å². The number of rotatable bonds is 3. The lowest BCUT2D eigenvalue weighted by atomic mass is 10.0. The molecule has 5 nitrogen and oxygen atoms in total. The van der Waals surface area contributed by atoms with Gasteiger partial charge in [0.2, 0.25) is 10.0 Å². The fraction of sp³-hybridized carbons (Fsp3) is 0.615. The van der Waals surface area contributed by atoms with Crippen molar-refractivity contribution >= 4 is 10.0 Å². The van der Waals surface area contributed by atoms with Gasteiger partial charge in [-0.25, -0.2) is 12.7 Å². The first-order valence-electron chi connectivity index (χ1n) is 6.59. The van der Waals surface area contributed by atoms with E-state index < -0.39 is 10.0 Å². The predicted molar refractivity (Wildman–Crippen MR) is 72.9 cm³/mol. The number of hydrogen-bond donors (Lipinski definition) is 0. The van der Waals surface area contributed by atoms with Gasteiger partial charge in [0.25, 0.3) is 0 Å². The first kappa shape index (κ1) is 13.0. The molecule has 0 N–H and O–H groups in total. The molecule has 1 aromatic heterocycles. The fourth-order valence-corrected chi connectivity index (χ4v) is 4.12. The lowest BCUT2D eigenvalue weighted by Crippen LogP contribution is -2.32. The van der Waals surface area contributed by atoms with Crippen LogP contribution < -0.4 is 0 Å². The van der Waals surface area contributed by atoms with Crippen LogP contribution in [0.5, 0.6) is 0 Å². The Hall–Kier alpha value is -0.980. The fourth-order valence-electron chi connectivity index (χ4n) is 3.20. The second kappa shape index (κ2) is 4.85. The Kier molecular flexibility index (Phi) is 3.32. The minimum Gasteiger partial charge on any atom is -0.298 e. The van der Waals surface area contributed by atoms with Crippen molar-refractivity contribution in [1.29, 1.82) is 0 Å². The van der Waals surface area contributed by atoms with E-state index in [1.807, 2.05) is 12.3 Å². The first-order chi connectivity index (χ1) is 9.02. The Labute approximate surface area is 114 Å². The average Bonchev–Trinajstić information content (AvgIpc) is 2.87. The molecule has 0 bridgehead atoms. The largest absolute Gasteiger partial charge is 0.298 e. The molecular formula is C13H19N3O2S. The van der Waals surface area contributed by atoms with Crippen molar-refractivity contribution in [1.82, 2.24) is 14.2 Å². The molecule has 104 valence electrons. The highest BCUT2D eigenvalue weighted by atomic mass is 32.2. The number of likely N-dealkylation sites (tertiary alicyclic amines) is 1. The number of pyridine rings is 1. The first-order valence-corrected chi connectivity index (χ1v) is 8.43. The van der Waals surface area contributed by atoms with Gasteiger partial charge in [0.15, 0.2) is 0 Å². The van der Waals surface area contributed by atoms with Gasteiger partial charge in [0, 0.05) is 45.1 Å². The van der Waals surface area contributed by atoms with Crippen molar-refractivity contribution in [2.75, 3.05) is 32.4 Å². The molecule has 0 saturated carbocycles. The van der Waals surface area contributed by atoms with E-state index in [1.54, 1.807) is 10.5 Å². The molecular weight excluding hydrogens is 262 g/mol. The van der Waals surface area contributed by atoms with Crippen LogP contribution in [0.2, 0.25) is 0 Å². The summed E-state index contributed by atoms with van der Waals surface area (Å²) in [5.74, 6) is 0.984. The smallest absolute Gasteiger partial charge is 0.211 e. The number of nitrogens with zero attached hydrogens (tertiary/aromatic N) is 3. The van der Waals surface area contributed by atoms with Crippen molar-refractivity contribution in [3.8, 4) is 0 Å². The monoisotopic (exact) mass is 281 g/mol. The van der Waals surface area contributed by atoms with Crippen LogP contribution in [0.15, 0.2) is 24.5 Å². The van der Waals surface area contributed by atoms with Gasteiger partial charge in [-0.3, -0.25) is 9.88 Å². The van der Waals surface area contributed by atoms with E-state index in [9.17, 15) is 8.42 Å². The van der Waals surface area contributed by atoms with Crippen LogP contribution in [0.1, 0.15) is 5.56 Å². The third-order valence-electron chi connectivity index (χ3n) is 4.13. The van der Waals surface area contributed by atoms with Gasteiger partial charge >= 0.3 is 0 Å². The van der Waals surface area contributed by atoms with Crippen molar-refractivity contribution in [3.05, 3.63) is 30.1 Å². The highest BCUT2D eigenvalue weighted by molar-refractivity contribution is 7.88. The molecule has 1 aromatic rings. The molecule has 3 heterocycles. The van der Waals surface area contributed by atoms with Crippen molar-refractivity contribution in [2.24, 2.45) is 11.8 Å². The Morgan fingerprint density at radius 2 is 1.95 bits per heavy atom. The third kappa shape index (κ3) is 2.80. The summed E-state index contributed by atoms with van der Waals surface area (Å²) in [5.41, 5.74) is 1.22. The second-order valence-corrected chi connectivity index (χ2v) is 7.64. The highest BCUT2D eigenvalue weighted by Gasteiger charge is 2.42. The Balaban J connectivity index is 1.60. The van der Waals surface area contributed by atoms with Gasteiger partial charge in [-0.1, -0.05) is 6.07 Å². The Bertz CT molecular complexity index is 532. The van der Waals surface area contributed by atoms with Crippen LogP contribution in [0.25, 0.3) is 0 Å². The molecule has 0 spiro atoms. The molecule has 6 heteroatoms. The van der Waals surface area contributed by atoms with Crippen LogP contribution in [0.3, 0.4) is 0 Å². The zero-order chi connectivity index (χ0) is 13.5. The minimum absolute atomic E-state index is 0.492. The van der Waals surface area contributed by atoms with E-state index in [4.69, 9.17) is 0 Å². The van der Waals surface area contributed by atoms with Gasteiger partial charge in [-0.05, 0) is 23.5 Å². The molecule has 3 rings (SSSR count). The highest BCUT2D eigenvalue weighted by Crippen LogP contribution is 2.32. The van der Waals surface area contributed by atoms with E-state index in [0.717, 1.165) is 19.6 Å². The molecule has 2 atom stereocenters. The third-order valence-corrected chi connectivity index (χ3v) is 5.36. The molecule has 2 fully saturated rings. The second-order valence-electron chi connectivity index (χ2n) is 5.66. The zero-order valence-corrected chi connectivity index (χ0v) is 11.9. The molecule has 0 unspecified atom stereocenters. The van der Waals surface area contributed by atoms with E-state index in [2.05, 4.69) is 16.0 Å². The van der Waals surface area contributed by atoms with E-state index in [-0.39, 0.29) is 0 Å². The number of sulfonamides is 1. The van der Waals surface area contributed by atoms with Crippen LogP contribution in [-0.2, 0) is 16.6 Å². The van der Waals surface area contributed by atoms with Gasteiger partial charge in [-0.15, -0.1) is 0 Å². The maximum atomic E-state index is 11.5. The SMILES string of the molecule is CS(=O)(=O)N1C[C@H]2CN(Cc3cccnc3)C[C@@H]2C1. The molecule has 0 amide bonds. The zero-order valence-electron chi connectivity index (χ0n) is 11.1. The Morgan fingerprint density at radius 3 is 2.47 bits per heavy atom. The summed E-state index contributed by atoms with van der Waals surface area (Å²) in [6.45, 7) is 4.27. The standard InChI is InChI=1S/C13H19N3O2S/c1-19(17,18)16-9-12-7-15(8-13(12)10-16)6-11-3-2-4-14-5-11/h2-5,12-13H,6-10H2,1H3/t12-,13-/m1/s1. The van der Waals surface area contributed by atoms with Gasteiger partial charge in [-0.2, -0.15) is 0 Å². The van der Waals surface area contributed by atoms with Gasteiger partial charge < -0.3 is 0 Å². The number of aromatic nitrogens is 1. The lowest BCUT2D eigenvalue weighted by Gasteiger charge is -2.19. The molecule has 19 heavy (non-hydrogen) atoms. The number of hydrogen-bond acceptors (Lipinski definition) is 4. The van der Waals surface area contributed by atoms with Crippen LogP contribution >= 0.6 is 0 Å². The topological polar surface area (TPSA) is 53.5 Å². The van der Waals surface area contributed by atoms with E-state index in [1.165, 1.54) is 11.8 Å². The number of fused-ring (bicyclic) bond motifs is 1. The van der Waals surface area contributed by atoms with Crippen molar-refractivity contribution in [2.45, 2.75) is 6.54 Å². The molecule has 0 radical (unpaired) electrons. The van der Waals surface area contributed by atoms with Crippen molar-refractivity contribution in [3.63, 3.8) is 0 Å². The lowest BCUT2D eigenvalue weighted by molar-refractivity contribution is 0.290. The normalized spacial score (nSPS) is 28.7. The molecule has 2 aliphatic heterocycles. The minimum atomic E-state index is -3.02.